The summed E-state index contributed by atoms with van der Waals surface area (Å²) in [5.41, 5.74) is 3.94. The average molecular weight is 646 g/mol. The van der Waals surface area contributed by atoms with Crippen LogP contribution in [-0.2, 0) is 16.2 Å². The fourth-order valence-corrected chi connectivity index (χ4v) is 5.30. The lowest BCUT2D eigenvalue weighted by Crippen LogP contribution is -2.57. The van der Waals surface area contributed by atoms with Crippen LogP contribution in [0.3, 0.4) is 0 Å². The maximum atomic E-state index is 14.1. The number of rotatable bonds is 7. The van der Waals surface area contributed by atoms with E-state index in [0.29, 0.717) is 38.5 Å². The summed E-state index contributed by atoms with van der Waals surface area (Å²) in [5, 5.41) is 0.0603. The van der Waals surface area contributed by atoms with E-state index in [9.17, 15) is 14.0 Å². The van der Waals surface area contributed by atoms with Gasteiger partial charge in [0.25, 0.3) is 11.8 Å². The number of benzene rings is 4. The van der Waals surface area contributed by atoms with Crippen molar-refractivity contribution in [3.8, 4) is 11.5 Å². The summed E-state index contributed by atoms with van der Waals surface area (Å²) in [7, 11) is 1.48. The van der Waals surface area contributed by atoms with E-state index >= 15 is 0 Å². The van der Waals surface area contributed by atoms with Gasteiger partial charge in [-0.3, -0.25) is 19.4 Å². The third kappa shape index (κ3) is 5.70. The molecule has 6 nitrogen and oxygen atoms in total. The van der Waals surface area contributed by atoms with Crippen LogP contribution in [0.25, 0.3) is 6.08 Å². The third-order valence-corrected chi connectivity index (χ3v) is 7.99. The highest BCUT2D eigenvalue weighted by atomic mass is 79.9. The molecular weight excluding hydrogens is 619 g/mol. The molecule has 212 valence electrons. The Morgan fingerprint density at radius 2 is 1.50 bits per heavy atom. The summed E-state index contributed by atoms with van der Waals surface area (Å²) in [6.07, 6.45) is 1.50. The quantitative estimate of drug-likeness (QED) is 0.118. The molecule has 4 aromatic rings. The molecule has 1 aliphatic heterocycles. The number of ether oxygens (including phenoxy) is 2. The molecule has 4 aromatic carbocycles. The molecule has 2 amide bonds. The number of carbonyl (C=O) groups excluding carboxylic acids is 2. The van der Waals surface area contributed by atoms with Crippen molar-refractivity contribution in [1.82, 2.24) is 0 Å². The second-order valence-corrected chi connectivity index (χ2v) is 10.8. The molecule has 42 heavy (non-hydrogen) atoms. The molecule has 0 unspecified atom stereocenters. The highest BCUT2D eigenvalue weighted by Crippen LogP contribution is 2.37. The molecule has 1 aliphatic rings. The topological polar surface area (TPSA) is 59.1 Å². The minimum absolute atomic E-state index is 0.0126. The van der Waals surface area contributed by atoms with E-state index in [-0.39, 0.29) is 23.1 Å². The van der Waals surface area contributed by atoms with Crippen LogP contribution >= 0.6 is 28.1 Å². The van der Waals surface area contributed by atoms with E-state index in [1.165, 1.54) is 29.1 Å². The van der Waals surface area contributed by atoms with Gasteiger partial charge in [-0.05, 0) is 91.3 Å². The monoisotopic (exact) mass is 644 g/mol. The van der Waals surface area contributed by atoms with Crippen LogP contribution in [0.4, 0.5) is 15.8 Å². The number of hydrogen-bond donors (Lipinski definition) is 0. The lowest BCUT2D eigenvalue weighted by atomic mass is 10.0. The standard InChI is InChI=1S/C33H26BrFN2O4S/c1-20-13-14-25(15-21(20)2)37-32(39)26(31(38)36(33(37)42)24-10-5-4-6-11-24)16-23-17-29(40-3)30(18-27(23)34)41-19-22-9-7-8-12-28(22)35/h4-18H,19H2,1-3H3/b26-16+. The first-order valence-electron chi connectivity index (χ1n) is 13.0. The minimum atomic E-state index is -0.554. The number of thiocarbonyl (C=S) groups is 1. The normalized spacial score (nSPS) is 14.5. The zero-order chi connectivity index (χ0) is 30.0. The van der Waals surface area contributed by atoms with Crippen molar-refractivity contribution in [2.24, 2.45) is 0 Å². The number of halogens is 2. The molecule has 0 spiro atoms. The summed E-state index contributed by atoms with van der Waals surface area (Å²) in [6.45, 7) is 3.92. The lowest BCUT2D eigenvalue weighted by molar-refractivity contribution is -0.120. The van der Waals surface area contributed by atoms with Gasteiger partial charge in [-0.2, -0.15) is 0 Å². The van der Waals surface area contributed by atoms with Gasteiger partial charge in [0.1, 0.15) is 18.0 Å². The number of methoxy groups -OCH3 is 1. The van der Waals surface area contributed by atoms with Crippen LogP contribution in [0.5, 0.6) is 11.5 Å². The predicted molar refractivity (Wildman–Crippen MR) is 169 cm³/mol. The molecule has 0 saturated carbocycles. The molecule has 0 atom stereocenters. The van der Waals surface area contributed by atoms with E-state index in [4.69, 9.17) is 21.7 Å². The van der Waals surface area contributed by atoms with Crippen molar-refractivity contribution < 1.29 is 23.5 Å². The Hall–Kier alpha value is -4.34. The molecule has 0 bridgehead atoms. The smallest absolute Gasteiger partial charge is 0.270 e. The predicted octanol–water partition coefficient (Wildman–Crippen LogP) is 7.54. The Labute approximate surface area is 257 Å². The number of aryl methyl sites for hydroxylation is 2. The van der Waals surface area contributed by atoms with E-state index < -0.39 is 11.8 Å². The van der Waals surface area contributed by atoms with E-state index in [1.807, 2.05) is 38.1 Å². The molecule has 9 heteroatoms. The van der Waals surface area contributed by atoms with E-state index in [1.54, 1.807) is 54.6 Å². The SMILES string of the molecule is COc1cc(/C=C2\C(=O)N(c3ccccc3)C(=S)N(c3ccc(C)c(C)c3)C2=O)c(Br)cc1OCc1ccccc1F. The lowest BCUT2D eigenvalue weighted by Gasteiger charge is -2.36. The van der Waals surface area contributed by atoms with Gasteiger partial charge in [-0.1, -0.05) is 58.4 Å². The maximum Gasteiger partial charge on any atom is 0.270 e. The van der Waals surface area contributed by atoms with Crippen LogP contribution in [-0.4, -0.2) is 24.0 Å². The molecule has 0 aromatic heterocycles. The van der Waals surface area contributed by atoms with Gasteiger partial charge in [0, 0.05) is 10.0 Å². The number of hydrogen-bond acceptors (Lipinski definition) is 5. The highest BCUT2D eigenvalue weighted by molar-refractivity contribution is 9.10. The highest BCUT2D eigenvalue weighted by Gasteiger charge is 2.41. The van der Waals surface area contributed by atoms with Crippen LogP contribution in [0.1, 0.15) is 22.3 Å². The van der Waals surface area contributed by atoms with Gasteiger partial charge in [0.2, 0.25) is 0 Å². The van der Waals surface area contributed by atoms with Crippen molar-refractivity contribution in [2.45, 2.75) is 20.5 Å². The van der Waals surface area contributed by atoms with Gasteiger partial charge >= 0.3 is 0 Å². The molecule has 0 radical (unpaired) electrons. The van der Waals surface area contributed by atoms with E-state index in [0.717, 1.165) is 11.1 Å². The zero-order valence-corrected chi connectivity index (χ0v) is 25.5. The zero-order valence-electron chi connectivity index (χ0n) is 23.1. The molecule has 0 aliphatic carbocycles. The van der Waals surface area contributed by atoms with E-state index in [2.05, 4.69) is 15.9 Å². The summed E-state index contributed by atoms with van der Waals surface area (Å²) in [6, 6.07) is 24.2. The first-order valence-corrected chi connectivity index (χ1v) is 14.2. The Morgan fingerprint density at radius 3 is 2.17 bits per heavy atom. The van der Waals surface area contributed by atoms with Crippen molar-refractivity contribution >= 4 is 62.5 Å². The summed E-state index contributed by atoms with van der Waals surface area (Å²) < 4.78 is 26.1. The van der Waals surface area contributed by atoms with Gasteiger partial charge < -0.3 is 9.47 Å². The van der Waals surface area contributed by atoms with Gasteiger partial charge in [-0.15, -0.1) is 0 Å². The number of anilines is 2. The summed E-state index contributed by atoms with van der Waals surface area (Å²) >= 11 is 9.27. The Morgan fingerprint density at radius 1 is 0.833 bits per heavy atom. The summed E-state index contributed by atoms with van der Waals surface area (Å²) in [4.78, 5) is 30.6. The van der Waals surface area contributed by atoms with Crippen molar-refractivity contribution in [1.29, 1.82) is 0 Å². The minimum Gasteiger partial charge on any atom is -0.493 e. The second kappa shape index (κ2) is 12.3. The maximum absolute atomic E-state index is 14.1. The van der Waals surface area contributed by atoms with Crippen molar-refractivity contribution in [3.63, 3.8) is 0 Å². The molecule has 5 rings (SSSR count). The number of para-hydroxylation sites is 1. The van der Waals surface area contributed by atoms with Crippen LogP contribution in [0, 0.1) is 19.7 Å². The van der Waals surface area contributed by atoms with Crippen LogP contribution in [0.15, 0.2) is 95.0 Å². The molecule has 1 saturated heterocycles. The molecule has 1 fully saturated rings. The average Bonchev–Trinajstić information content (AvgIpc) is 2.98. The third-order valence-electron chi connectivity index (χ3n) is 6.94. The van der Waals surface area contributed by atoms with Gasteiger partial charge in [0.15, 0.2) is 16.6 Å². The number of nitrogens with zero attached hydrogens (tertiary/aromatic N) is 2. The largest absolute Gasteiger partial charge is 0.493 e. The van der Waals surface area contributed by atoms with Gasteiger partial charge in [-0.25, -0.2) is 4.39 Å². The second-order valence-electron chi connectivity index (χ2n) is 9.63. The fourth-order valence-electron chi connectivity index (χ4n) is 4.49. The molecular formula is C33H26BrFN2O4S. The molecule has 1 heterocycles. The Bertz CT molecular complexity index is 1740. The summed E-state index contributed by atoms with van der Waals surface area (Å²) in [5.74, 6) is -0.771. The number of amides is 2. The molecule has 0 N–H and O–H groups in total. The Balaban J connectivity index is 1.57. The first kappa shape index (κ1) is 29.2. The fraction of sp³-hybridized carbons (Fsp3) is 0.121. The number of carbonyl (C=O) groups is 2. The van der Waals surface area contributed by atoms with Crippen molar-refractivity contribution in [2.75, 3.05) is 16.9 Å². The van der Waals surface area contributed by atoms with Crippen LogP contribution < -0.4 is 19.3 Å². The Kier molecular flexibility index (Phi) is 8.51. The first-order chi connectivity index (χ1) is 20.2. The van der Waals surface area contributed by atoms with Gasteiger partial charge in [0.05, 0.1) is 18.5 Å². The van der Waals surface area contributed by atoms with Crippen LogP contribution in [0.2, 0.25) is 0 Å². The van der Waals surface area contributed by atoms with Crippen molar-refractivity contribution in [3.05, 3.63) is 123 Å².